The van der Waals surface area contributed by atoms with Gasteiger partial charge >= 0.3 is 5.97 Å². The Balaban J connectivity index is 1.57. The second-order valence-electron chi connectivity index (χ2n) is 11.2. The van der Waals surface area contributed by atoms with Gasteiger partial charge in [-0.25, -0.2) is 9.78 Å². The Morgan fingerprint density at radius 1 is 1.13 bits per heavy atom. The van der Waals surface area contributed by atoms with Gasteiger partial charge in [-0.2, -0.15) is 0 Å². The number of thiophene rings is 1. The largest absolute Gasteiger partial charge is 0.465 e. The Morgan fingerprint density at radius 2 is 1.87 bits per heavy atom. The van der Waals surface area contributed by atoms with Crippen molar-refractivity contribution in [2.45, 2.75) is 58.8 Å². The fourth-order valence-corrected chi connectivity index (χ4v) is 6.96. The number of carbonyl (C=O) groups excluding carboxylic acids is 2. The molecule has 1 N–H and O–H groups in total. The van der Waals surface area contributed by atoms with Crippen LogP contribution in [0.1, 0.15) is 77.3 Å². The molecule has 0 unspecified atom stereocenters. The van der Waals surface area contributed by atoms with Gasteiger partial charge in [-0.3, -0.25) is 4.79 Å². The second-order valence-corrected chi connectivity index (χ2v) is 13.2. The van der Waals surface area contributed by atoms with Gasteiger partial charge in [0.25, 0.3) is 5.91 Å². The number of rotatable bonds is 5. The molecule has 1 atom stereocenters. The van der Waals surface area contributed by atoms with Gasteiger partial charge in [-0.1, -0.05) is 74.3 Å². The van der Waals surface area contributed by atoms with Crippen LogP contribution in [0, 0.1) is 5.92 Å². The van der Waals surface area contributed by atoms with Crippen molar-refractivity contribution in [3.8, 4) is 11.3 Å². The van der Waals surface area contributed by atoms with Crippen LogP contribution in [0.15, 0.2) is 53.0 Å². The summed E-state index contributed by atoms with van der Waals surface area (Å²) in [4.78, 5) is 32.8. The highest BCUT2D eigenvalue weighted by molar-refractivity contribution is 9.10. The summed E-state index contributed by atoms with van der Waals surface area (Å²) in [5.74, 6) is -0.0810. The van der Waals surface area contributed by atoms with Crippen molar-refractivity contribution in [1.82, 2.24) is 4.98 Å². The number of esters is 1. The number of pyridine rings is 1. The number of benzene rings is 2. The van der Waals surface area contributed by atoms with E-state index in [4.69, 9.17) is 9.72 Å². The molecule has 5 nitrogen and oxygen atoms in total. The summed E-state index contributed by atoms with van der Waals surface area (Å²) in [6.07, 6.45) is 3.89. The molecular weight excluding hydrogens is 572 g/mol. The van der Waals surface area contributed by atoms with Gasteiger partial charge in [0.2, 0.25) is 0 Å². The third-order valence-corrected chi connectivity index (χ3v) is 9.29. The summed E-state index contributed by atoms with van der Waals surface area (Å²) in [6, 6.07) is 15.9. The van der Waals surface area contributed by atoms with Gasteiger partial charge < -0.3 is 10.1 Å². The number of fused-ring (bicyclic) bond motifs is 2. The molecule has 1 aliphatic rings. The fraction of sp³-hybridized carbons (Fsp3) is 0.344. The van der Waals surface area contributed by atoms with E-state index < -0.39 is 5.97 Å². The Kier molecular flexibility index (Phi) is 7.66. The predicted molar refractivity (Wildman–Crippen MR) is 163 cm³/mol. The first kappa shape index (κ1) is 27.5. The molecule has 202 valence electrons. The predicted octanol–water partition coefficient (Wildman–Crippen LogP) is 8.58. The lowest BCUT2D eigenvalue weighted by Gasteiger charge is -2.20. The van der Waals surface area contributed by atoms with E-state index in [9.17, 15) is 9.59 Å². The zero-order chi connectivity index (χ0) is 27.9. The van der Waals surface area contributed by atoms with E-state index in [0.717, 1.165) is 57.9 Å². The minimum absolute atomic E-state index is 0.0427. The molecule has 0 radical (unpaired) electrons. The normalized spacial score (nSPS) is 15.2. The van der Waals surface area contributed by atoms with Crippen LogP contribution in [0.4, 0.5) is 5.00 Å². The standard InChI is InChI=1S/C32H33BrN2O3S/c1-6-18-7-13-22-27(15-18)39-30(28(22)31(37)38-5)35-29(36)24-17-26(34-25-14-12-21(33)16-23(24)25)19-8-10-20(11-9-19)32(2,3)4/h8-12,14,16-18H,6-7,13,15H2,1-5H3,(H,35,36)/t18-/m1/s1. The first-order valence-electron chi connectivity index (χ1n) is 13.3. The van der Waals surface area contributed by atoms with Gasteiger partial charge in [-0.15, -0.1) is 11.3 Å². The number of aromatic nitrogens is 1. The van der Waals surface area contributed by atoms with E-state index in [1.807, 2.05) is 24.3 Å². The average molecular weight is 606 g/mol. The molecule has 7 heteroatoms. The van der Waals surface area contributed by atoms with Gasteiger partial charge in [0.1, 0.15) is 5.00 Å². The molecular formula is C32H33BrN2O3S. The highest BCUT2D eigenvalue weighted by atomic mass is 79.9. The van der Waals surface area contributed by atoms with Crippen LogP contribution in [-0.4, -0.2) is 24.0 Å². The first-order chi connectivity index (χ1) is 18.6. The van der Waals surface area contributed by atoms with E-state index in [1.165, 1.54) is 28.9 Å². The summed E-state index contributed by atoms with van der Waals surface area (Å²) in [5.41, 5.74) is 5.69. The molecule has 0 saturated heterocycles. The number of nitrogens with zero attached hydrogens (tertiary/aromatic N) is 1. The number of amides is 1. The second kappa shape index (κ2) is 10.9. The Bertz CT molecular complexity index is 1570. The van der Waals surface area contributed by atoms with E-state index in [1.54, 1.807) is 0 Å². The maximum absolute atomic E-state index is 13.9. The minimum atomic E-state index is -0.403. The van der Waals surface area contributed by atoms with E-state index in [-0.39, 0.29) is 11.3 Å². The van der Waals surface area contributed by atoms with Crippen LogP contribution in [0.5, 0.6) is 0 Å². The number of ether oxygens (including phenoxy) is 1. The van der Waals surface area contributed by atoms with Crippen molar-refractivity contribution in [1.29, 1.82) is 0 Å². The molecule has 0 spiro atoms. The topological polar surface area (TPSA) is 68.3 Å². The molecule has 2 aromatic carbocycles. The van der Waals surface area contributed by atoms with Gasteiger partial charge in [0.15, 0.2) is 0 Å². The lowest BCUT2D eigenvalue weighted by Crippen LogP contribution is -2.17. The maximum atomic E-state index is 13.9. The number of methoxy groups -OCH3 is 1. The smallest absolute Gasteiger partial charge is 0.341 e. The molecule has 1 aliphatic carbocycles. The molecule has 39 heavy (non-hydrogen) atoms. The number of anilines is 1. The maximum Gasteiger partial charge on any atom is 0.341 e. The first-order valence-corrected chi connectivity index (χ1v) is 15.0. The van der Waals surface area contributed by atoms with Crippen molar-refractivity contribution >= 4 is 55.0 Å². The van der Waals surface area contributed by atoms with Crippen molar-refractivity contribution in [3.05, 3.63) is 80.1 Å². The number of hydrogen-bond acceptors (Lipinski definition) is 5. The van der Waals surface area contributed by atoms with Crippen LogP contribution in [0.2, 0.25) is 0 Å². The molecule has 1 amide bonds. The van der Waals surface area contributed by atoms with Crippen LogP contribution in [0.3, 0.4) is 0 Å². The molecule has 0 saturated carbocycles. The molecule has 4 aromatic rings. The van der Waals surface area contributed by atoms with Gasteiger partial charge in [-0.05, 0) is 66.0 Å². The number of nitrogens with one attached hydrogen (secondary N) is 1. The summed E-state index contributed by atoms with van der Waals surface area (Å²) in [7, 11) is 1.39. The average Bonchev–Trinajstić information content (AvgIpc) is 3.28. The quantitative estimate of drug-likeness (QED) is 0.232. The summed E-state index contributed by atoms with van der Waals surface area (Å²) in [5, 5.41) is 4.39. The summed E-state index contributed by atoms with van der Waals surface area (Å²) >= 11 is 5.05. The van der Waals surface area contributed by atoms with Crippen molar-refractivity contribution in [2.75, 3.05) is 12.4 Å². The molecule has 0 bridgehead atoms. The van der Waals surface area contributed by atoms with E-state index in [2.05, 4.69) is 73.2 Å². The third kappa shape index (κ3) is 5.52. The minimum Gasteiger partial charge on any atom is -0.465 e. The fourth-order valence-electron chi connectivity index (χ4n) is 5.25. The van der Waals surface area contributed by atoms with Crippen LogP contribution in [0.25, 0.3) is 22.2 Å². The Labute approximate surface area is 242 Å². The van der Waals surface area contributed by atoms with Crippen LogP contribution in [-0.2, 0) is 23.0 Å². The number of hydrogen-bond donors (Lipinski definition) is 1. The molecule has 5 rings (SSSR count). The monoisotopic (exact) mass is 604 g/mol. The number of carbonyl (C=O) groups is 2. The van der Waals surface area contributed by atoms with Gasteiger partial charge in [0.05, 0.1) is 29.4 Å². The van der Waals surface area contributed by atoms with E-state index >= 15 is 0 Å². The molecule has 0 aliphatic heterocycles. The Hall–Kier alpha value is -3.03. The molecule has 0 fully saturated rings. The van der Waals surface area contributed by atoms with Crippen LogP contribution >= 0.6 is 27.3 Å². The summed E-state index contributed by atoms with van der Waals surface area (Å²) < 4.78 is 6.00. The highest BCUT2D eigenvalue weighted by Crippen LogP contribution is 2.41. The lowest BCUT2D eigenvalue weighted by atomic mass is 9.85. The lowest BCUT2D eigenvalue weighted by molar-refractivity contribution is 0.0600. The number of halogens is 1. The molecule has 2 aromatic heterocycles. The highest BCUT2D eigenvalue weighted by Gasteiger charge is 2.30. The van der Waals surface area contributed by atoms with Crippen molar-refractivity contribution < 1.29 is 14.3 Å². The zero-order valence-corrected chi connectivity index (χ0v) is 25.4. The Morgan fingerprint density at radius 3 is 2.54 bits per heavy atom. The molecule has 2 heterocycles. The van der Waals surface area contributed by atoms with Gasteiger partial charge in [0, 0.05) is 20.3 Å². The van der Waals surface area contributed by atoms with Crippen LogP contribution < -0.4 is 5.32 Å². The summed E-state index contributed by atoms with van der Waals surface area (Å²) in [6.45, 7) is 8.76. The van der Waals surface area contributed by atoms with Crippen molar-refractivity contribution in [3.63, 3.8) is 0 Å². The third-order valence-electron chi connectivity index (χ3n) is 7.62. The van der Waals surface area contributed by atoms with Crippen molar-refractivity contribution in [2.24, 2.45) is 5.92 Å². The SMILES string of the molecule is CC[C@@H]1CCc2c(sc(NC(=O)c3cc(-c4ccc(C(C)(C)C)cc4)nc4ccc(Br)cc34)c2C(=O)OC)C1. The zero-order valence-electron chi connectivity index (χ0n) is 23.0. The van der Waals surface area contributed by atoms with E-state index in [0.29, 0.717) is 22.0 Å².